The third-order valence-electron chi connectivity index (χ3n) is 2.37. The molecule has 0 aromatic heterocycles. The standard InChI is InChI=1S/C12H19NS/c13-12(10-14)9-5-4-8-11-6-2-1-3-7-11/h1-3,6-7,12,14H,4-5,8-10,13H2. The van der Waals surface area contributed by atoms with Gasteiger partial charge in [0.1, 0.15) is 0 Å². The molecule has 0 fully saturated rings. The minimum atomic E-state index is 0.272. The van der Waals surface area contributed by atoms with Gasteiger partial charge in [-0.2, -0.15) is 12.6 Å². The summed E-state index contributed by atoms with van der Waals surface area (Å²) >= 11 is 4.16. The minimum Gasteiger partial charge on any atom is -0.327 e. The zero-order valence-electron chi connectivity index (χ0n) is 8.52. The summed E-state index contributed by atoms with van der Waals surface area (Å²) in [6.45, 7) is 0. The number of rotatable bonds is 6. The normalized spacial score (nSPS) is 12.7. The molecule has 0 saturated carbocycles. The highest BCUT2D eigenvalue weighted by molar-refractivity contribution is 7.80. The summed E-state index contributed by atoms with van der Waals surface area (Å²) in [7, 11) is 0. The topological polar surface area (TPSA) is 26.0 Å². The molecule has 0 spiro atoms. The van der Waals surface area contributed by atoms with Gasteiger partial charge in [0, 0.05) is 11.8 Å². The van der Waals surface area contributed by atoms with Crippen LogP contribution in [0, 0.1) is 0 Å². The molecule has 2 heteroatoms. The Kier molecular flexibility index (Phi) is 5.72. The number of nitrogens with two attached hydrogens (primary N) is 1. The maximum absolute atomic E-state index is 5.78. The van der Waals surface area contributed by atoms with E-state index in [1.807, 2.05) is 0 Å². The molecule has 0 heterocycles. The molecule has 0 bridgehead atoms. The molecule has 0 aliphatic carbocycles. The molecule has 1 nitrogen and oxygen atoms in total. The second-order valence-electron chi connectivity index (χ2n) is 3.67. The molecule has 0 amide bonds. The smallest absolute Gasteiger partial charge is 0.0127 e. The maximum Gasteiger partial charge on any atom is 0.0127 e. The summed E-state index contributed by atoms with van der Waals surface area (Å²) in [5.74, 6) is 0.797. The predicted molar refractivity (Wildman–Crippen MR) is 65.8 cm³/mol. The second-order valence-corrected chi connectivity index (χ2v) is 4.04. The van der Waals surface area contributed by atoms with Crippen molar-refractivity contribution in [3.05, 3.63) is 35.9 Å². The van der Waals surface area contributed by atoms with Gasteiger partial charge >= 0.3 is 0 Å². The number of thiol groups is 1. The second kappa shape index (κ2) is 6.91. The molecule has 78 valence electrons. The van der Waals surface area contributed by atoms with E-state index in [0.717, 1.165) is 12.2 Å². The largest absolute Gasteiger partial charge is 0.327 e. The quantitative estimate of drug-likeness (QED) is 0.547. The Balaban J connectivity index is 2.10. The van der Waals surface area contributed by atoms with Crippen molar-refractivity contribution in [3.8, 4) is 0 Å². The fourth-order valence-electron chi connectivity index (χ4n) is 1.47. The van der Waals surface area contributed by atoms with Gasteiger partial charge in [0.15, 0.2) is 0 Å². The Morgan fingerprint density at radius 3 is 2.50 bits per heavy atom. The van der Waals surface area contributed by atoms with Gasteiger partial charge in [-0.3, -0.25) is 0 Å². The number of aryl methyl sites for hydroxylation is 1. The summed E-state index contributed by atoms with van der Waals surface area (Å²) in [5.41, 5.74) is 7.20. The van der Waals surface area contributed by atoms with Crippen molar-refractivity contribution < 1.29 is 0 Å². The van der Waals surface area contributed by atoms with Crippen molar-refractivity contribution in [3.63, 3.8) is 0 Å². The van der Waals surface area contributed by atoms with Crippen LogP contribution >= 0.6 is 12.6 Å². The SMILES string of the molecule is NC(CS)CCCCc1ccccc1. The Labute approximate surface area is 92.1 Å². The molecule has 0 aliphatic rings. The molecular weight excluding hydrogens is 190 g/mol. The number of benzene rings is 1. The van der Waals surface area contributed by atoms with E-state index in [1.165, 1.54) is 24.8 Å². The average molecular weight is 209 g/mol. The van der Waals surface area contributed by atoms with Crippen LogP contribution in [0.4, 0.5) is 0 Å². The van der Waals surface area contributed by atoms with E-state index in [9.17, 15) is 0 Å². The Bertz CT molecular complexity index is 235. The molecule has 0 saturated heterocycles. The lowest BCUT2D eigenvalue weighted by Crippen LogP contribution is -2.21. The first-order valence-corrected chi connectivity index (χ1v) is 5.86. The van der Waals surface area contributed by atoms with Gasteiger partial charge < -0.3 is 5.73 Å². The zero-order valence-corrected chi connectivity index (χ0v) is 9.42. The molecule has 1 aromatic rings. The van der Waals surface area contributed by atoms with Crippen LogP contribution in [0.3, 0.4) is 0 Å². The van der Waals surface area contributed by atoms with Crippen LogP contribution in [0.25, 0.3) is 0 Å². The van der Waals surface area contributed by atoms with Crippen LogP contribution < -0.4 is 5.73 Å². The number of unbranched alkanes of at least 4 members (excludes halogenated alkanes) is 1. The highest BCUT2D eigenvalue weighted by Gasteiger charge is 1.98. The molecule has 1 unspecified atom stereocenters. The third-order valence-corrected chi connectivity index (χ3v) is 2.84. The van der Waals surface area contributed by atoms with E-state index in [4.69, 9.17) is 5.73 Å². The van der Waals surface area contributed by atoms with Crippen molar-refractivity contribution in [2.24, 2.45) is 5.73 Å². The van der Waals surface area contributed by atoms with Crippen molar-refractivity contribution >= 4 is 12.6 Å². The summed E-state index contributed by atoms with van der Waals surface area (Å²) in [5, 5.41) is 0. The van der Waals surface area contributed by atoms with Gasteiger partial charge in [0.25, 0.3) is 0 Å². The summed E-state index contributed by atoms with van der Waals surface area (Å²) in [6, 6.07) is 10.9. The average Bonchev–Trinajstić information content (AvgIpc) is 2.25. The molecule has 1 rings (SSSR count). The molecule has 0 radical (unpaired) electrons. The van der Waals surface area contributed by atoms with Crippen molar-refractivity contribution in [2.45, 2.75) is 31.7 Å². The summed E-state index contributed by atoms with van der Waals surface area (Å²) in [6.07, 6.45) is 4.69. The van der Waals surface area contributed by atoms with E-state index in [2.05, 4.69) is 43.0 Å². The van der Waals surface area contributed by atoms with Gasteiger partial charge in [-0.25, -0.2) is 0 Å². The predicted octanol–water partition coefficient (Wildman–Crippen LogP) is 2.66. The van der Waals surface area contributed by atoms with Gasteiger partial charge in [-0.05, 0) is 24.8 Å². The van der Waals surface area contributed by atoms with Crippen LogP contribution in [0.1, 0.15) is 24.8 Å². The van der Waals surface area contributed by atoms with Crippen LogP contribution in [-0.2, 0) is 6.42 Å². The molecule has 1 aromatic carbocycles. The van der Waals surface area contributed by atoms with Gasteiger partial charge in [-0.1, -0.05) is 36.8 Å². The first-order valence-electron chi connectivity index (χ1n) is 5.23. The van der Waals surface area contributed by atoms with E-state index in [-0.39, 0.29) is 6.04 Å². The van der Waals surface area contributed by atoms with E-state index >= 15 is 0 Å². The molecule has 1 atom stereocenters. The van der Waals surface area contributed by atoms with Gasteiger partial charge in [-0.15, -0.1) is 0 Å². The number of hydrogen-bond acceptors (Lipinski definition) is 2. The van der Waals surface area contributed by atoms with Crippen LogP contribution in [0.5, 0.6) is 0 Å². The van der Waals surface area contributed by atoms with Crippen LogP contribution in [-0.4, -0.2) is 11.8 Å². The zero-order chi connectivity index (χ0) is 10.2. The van der Waals surface area contributed by atoms with Gasteiger partial charge in [0.2, 0.25) is 0 Å². The van der Waals surface area contributed by atoms with Crippen molar-refractivity contribution in [2.75, 3.05) is 5.75 Å². The van der Waals surface area contributed by atoms with Crippen molar-refractivity contribution in [1.82, 2.24) is 0 Å². The van der Waals surface area contributed by atoms with Gasteiger partial charge in [0.05, 0.1) is 0 Å². The first kappa shape index (κ1) is 11.6. The third kappa shape index (κ3) is 4.68. The number of hydrogen-bond donors (Lipinski definition) is 2. The Morgan fingerprint density at radius 1 is 1.14 bits per heavy atom. The van der Waals surface area contributed by atoms with Crippen LogP contribution in [0.15, 0.2) is 30.3 Å². The lowest BCUT2D eigenvalue weighted by atomic mass is 10.1. The Morgan fingerprint density at radius 2 is 1.86 bits per heavy atom. The van der Waals surface area contributed by atoms with E-state index in [0.29, 0.717) is 0 Å². The molecule has 14 heavy (non-hydrogen) atoms. The minimum absolute atomic E-state index is 0.272. The lowest BCUT2D eigenvalue weighted by Gasteiger charge is -2.07. The highest BCUT2D eigenvalue weighted by Crippen LogP contribution is 2.07. The monoisotopic (exact) mass is 209 g/mol. The highest BCUT2D eigenvalue weighted by atomic mass is 32.1. The first-order chi connectivity index (χ1) is 6.83. The van der Waals surface area contributed by atoms with Crippen LogP contribution in [0.2, 0.25) is 0 Å². The summed E-state index contributed by atoms with van der Waals surface area (Å²) in [4.78, 5) is 0. The maximum atomic E-state index is 5.78. The fourth-order valence-corrected chi connectivity index (χ4v) is 1.65. The lowest BCUT2D eigenvalue weighted by molar-refractivity contribution is 0.604. The molecule has 2 N–H and O–H groups in total. The Hall–Kier alpha value is -0.470. The summed E-state index contributed by atoms with van der Waals surface area (Å²) < 4.78 is 0. The fraction of sp³-hybridized carbons (Fsp3) is 0.500. The van der Waals surface area contributed by atoms with E-state index < -0.39 is 0 Å². The molecular formula is C12H19NS. The van der Waals surface area contributed by atoms with Crippen molar-refractivity contribution in [1.29, 1.82) is 0 Å². The molecule has 0 aliphatic heterocycles. The van der Waals surface area contributed by atoms with E-state index in [1.54, 1.807) is 0 Å².